The first-order valence-corrected chi connectivity index (χ1v) is 6.55. The van der Waals surface area contributed by atoms with Crippen molar-refractivity contribution in [3.8, 4) is 0 Å². The van der Waals surface area contributed by atoms with Gasteiger partial charge in [0.25, 0.3) is 0 Å². The fraction of sp³-hybridized carbons (Fsp3) is 0.0588. The third-order valence-corrected chi connectivity index (χ3v) is 3.14. The number of aromatic nitrogens is 2. The molecular weight excluding hydrogens is 246 g/mol. The molecule has 1 unspecified atom stereocenters. The maximum Gasteiger partial charge on any atom is 0.0769 e. The van der Waals surface area contributed by atoms with Gasteiger partial charge in [-0.3, -0.25) is 9.97 Å². The largest absolute Gasteiger partial charge is 0.373 e. The molecule has 0 fully saturated rings. The van der Waals surface area contributed by atoms with Gasteiger partial charge in [0.1, 0.15) is 0 Å². The Morgan fingerprint density at radius 3 is 2.15 bits per heavy atom. The third kappa shape index (κ3) is 2.83. The first kappa shape index (κ1) is 12.4. The van der Waals surface area contributed by atoms with Crippen LogP contribution in [0.5, 0.6) is 0 Å². The molecule has 1 aromatic carbocycles. The van der Waals surface area contributed by atoms with Crippen molar-refractivity contribution < 1.29 is 0 Å². The van der Waals surface area contributed by atoms with Crippen LogP contribution < -0.4 is 5.32 Å². The van der Waals surface area contributed by atoms with Gasteiger partial charge in [0, 0.05) is 24.8 Å². The Morgan fingerprint density at radius 1 is 0.700 bits per heavy atom. The van der Waals surface area contributed by atoms with Gasteiger partial charge in [-0.05, 0) is 35.4 Å². The van der Waals surface area contributed by atoms with Crippen molar-refractivity contribution in [1.29, 1.82) is 0 Å². The van der Waals surface area contributed by atoms with Crippen LogP contribution in [-0.2, 0) is 0 Å². The van der Waals surface area contributed by atoms with E-state index in [4.69, 9.17) is 0 Å². The number of nitrogens with zero attached hydrogens (tertiary/aromatic N) is 2. The maximum absolute atomic E-state index is 4.15. The number of rotatable bonds is 4. The lowest BCUT2D eigenvalue weighted by atomic mass is 9.99. The second-order valence-corrected chi connectivity index (χ2v) is 4.51. The number of nitrogens with one attached hydrogen (secondary N) is 1. The molecule has 0 aliphatic carbocycles. The average Bonchev–Trinajstić information content (AvgIpc) is 2.55. The molecular formula is C17H15N3. The predicted octanol–water partition coefficient (Wildman–Crippen LogP) is 3.68. The van der Waals surface area contributed by atoms with Crippen LogP contribution in [0.3, 0.4) is 0 Å². The van der Waals surface area contributed by atoms with E-state index in [9.17, 15) is 0 Å². The summed E-state index contributed by atoms with van der Waals surface area (Å²) in [5.74, 6) is 0. The van der Waals surface area contributed by atoms with E-state index in [-0.39, 0.29) is 6.04 Å². The van der Waals surface area contributed by atoms with Gasteiger partial charge in [0.05, 0.1) is 11.7 Å². The molecule has 0 aliphatic rings. The minimum Gasteiger partial charge on any atom is -0.373 e. The Kier molecular flexibility index (Phi) is 3.69. The zero-order valence-corrected chi connectivity index (χ0v) is 11.0. The van der Waals surface area contributed by atoms with E-state index in [1.54, 1.807) is 6.20 Å². The van der Waals surface area contributed by atoms with E-state index in [0.29, 0.717) is 0 Å². The Labute approximate surface area is 118 Å². The Balaban J connectivity index is 1.96. The van der Waals surface area contributed by atoms with E-state index < -0.39 is 0 Å². The molecule has 3 heteroatoms. The van der Waals surface area contributed by atoms with Crippen LogP contribution in [0.25, 0.3) is 0 Å². The fourth-order valence-electron chi connectivity index (χ4n) is 2.18. The lowest BCUT2D eigenvalue weighted by molar-refractivity contribution is 0.931. The lowest BCUT2D eigenvalue weighted by Gasteiger charge is -2.20. The van der Waals surface area contributed by atoms with Crippen LogP contribution in [0.15, 0.2) is 79.4 Å². The summed E-state index contributed by atoms with van der Waals surface area (Å²) in [7, 11) is 0. The van der Waals surface area contributed by atoms with Crippen molar-refractivity contribution in [2.45, 2.75) is 6.04 Å². The fourth-order valence-corrected chi connectivity index (χ4v) is 2.18. The molecule has 3 aromatic rings. The number of hydrogen-bond acceptors (Lipinski definition) is 3. The highest BCUT2D eigenvalue weighted by molar-refractivity contribution is 5.47. The van der Waals surface area contributed by atoms with Gasteiger partial charge in [-0.15, -0.1) is 0 Å². The van der Waals surface area contributed by atoms with Crippen molar-refractivity contribution in [3.05, 3.63) is 90.5 Å². The molecule has 1 N–H and O–H groups in total. The predicted molar refractivity (Wildman–Crippen MR) is 80.4 cm³/mol. The van der Waals surface area contributed by atoms with Crippen molar-refractivity contribution in [3.63, 3.8) is 0 Å². The molecule has 0 spiro atoms. The summed E-state index contributed by atoms with van der Waals surface area (Å²) in [6.45, 7) is 0. The normalized spacial score (nSPS) is 11.8. The van der Waals surface area contributed by atoms with Gasteiger partial charge in [-0.2, -0.15) is 0 Å². The molecule has 0 bridgehead atoms. The summed E-state index contributed by atoms with van der Waals surface area (Å²) in [5.41, 5.74) is 3.38. The van der Waals surface area contributed by atoms with Crippen LogP contribution in [0, 0.1) is 0 Å². The van der Waals surface area contributed by atoms with E-state index >= 15 is 0 Å². The van der Waals surface area contributed by atoms with Crippen LogP contribution >= 0.6 is 0 Å². The van der Waals surface area contributed by atoms with Gasteiger partial charge in [0.2, 0.25) is 0 Å². The first-order chi connectivity index (χ1) is 9.93. The quantitative estimate of drug-likeness (QED) is 0.778. The molecule has 3 rings (SSSR count). The smallest absolute Gasteiger partial charge is 0.0769 e. The molecule has 2 aromatic heterocycles. The Morgan fingerprint density at radius 2 is 1.45 bits per heavy atom. The van der Waals surface area contributed by atoms with Crippen LogP contribution in [-0.4, -0.2) is 9.97 Å². The lowest BCUT2D eigenvalue weighted by Crippen LogP contribution is -2.12. The van der Waals surface area contributed by atoms with E-state index in [0.717, 1.165) is 5.69 Å². The number of hydrogen-bond donors (Lipinski definition) is 1. The summed E-state index contributed by atoms with van der Waals surface area (Å²) in [6, 6.07) is 18.5. The summed E-state index contributed by atoms with van der Waals surface area (Å²) in [5, 5.41) is 3.52. The molecule has 0 aliphatic heterocycles. The highest BCUT2D eigenvalue weighted by Crippen LogP contribution is 2.25. The molecule has 3 nitrogen and oxygen atoms in total. The summed E-state index contributed by atoms with van der Waals surface area (Å²) in [4.78, 5) is 8.24. The zero-order chi connectivity index (χ0) is 13.6. The van der Waals surface area contributed by atoms with Crippen molar-refractivity contribution >= 4 is 5.69 Å². The molecule has 2 heterocycles. The molecule has 1 atom stereocenters. The van der Waals surface area contributed by atoms with Gasteiger partial charge in [-0.1, -0.05) is 30.3 Å². The average molecular weight is 261 g/mol. The second kappa shape index (κ2) is 5.97. The second-order valence-electron chi connectivity index (χ2n) is 4.51. The molecule has 0 saturated heterocycles. The summed E-state index contributed by atoms with van der Waals surface area (Å²) >= 11 is 0. The number of pyridine rings is 2. The van der Waals surface area contributed by atoms with Crippen molar-refractivity contribution in [1.82, 2.24) is 9.97 Å². The summed E-state index contributed by atoms with van der Waals surface area (Å²) in [6.07, 6.45) is 7.23. The molecule has 0 saturated carbocycles. The standard InChI is InChI=1S/C17H15N3/c1-2-5-14(6-3-1)17(15-8-11-18-12-9-15)20-16-7-4-10-19-13-16/h1-13,17,20H. The van der Waals surface area contributed by atoms with Crippen LogP contribution in [0.1, 0.15) is 17.2 Å². The van der Waals surface area contributed by atoms with E-state index in [1.807, 2.05) is 48.9 Å². The van der Waals surface area contributed by atoms with Gasteiger partial charge in [0.15, 0.2) is 0 Å². The minimum absolute atomic E-state index is 0.0865. The van der Waals surface area contributed by atoms with Crippen molar-refractivity contribution in [2.24, 2.45) is 0 Å². The topological polar surface area (TPSA) is 37.8 Å². The zero-order valence-electron chi connectivity index (χ0n) is 11.0. The number of benzene rings is 1. The van der Waals surface area contributed by atoms with Gasteiger partial charge < -0.3 is 5.32 Å². The van der Waals surface area contributed by atoms with E-state index in [1.165, 1.54) is 11.1 Å². The van der Waals surface area contributed by atoms with E-state index in [2.05, 4.69) is 39.6 Å². The van der Waals surface area contributed by atoms with Gasteiger partial charge >= 0.3 is 0 Å². The SMILES string of the molecule is c1ccc(C(Nc2cccnc2)c2ccncc2)cc1. The summed E-state index contributed by atoms with van der Waals surface area (Å²) < 4.78 is 0. The highest BCUT2D eigenvalue weighted by Gasteiger charge is 2.13. The Hall–Kier alpha value is -2.68. The Bertz CT molecular complexity index is 599. The third-order valence-electron chi connectivity index (χ3n) is 3.14. The first-order valence-electron chi connectivity index (χ1n) is 6.55. The molecule has 98 valence electrons. The maximum atomic E-state index is 4.15. The molecule has 0 amide bonds. The molecule has 20 heavy (non-hydrogen) atoms. The van der Waals surface area contributed by atoms with Crippen LogP contribution in [0.2, 0.25) is 0 Å². The monoisotopic (exact) mass is 261 g/mol. The van der Waals surface area contributed by atoms with Gasteiger partial charge in [-0.25, -0.2) is 0 Å². The van der Waals surface area contributed by atoms with Crippen molar-refractivity contribution in [2.75, 3.05) is 5.32 Å². The molecule has 0 radical (unpaired) electrons. The minimum atomic E-state index is 0.0865. The number of anilines is 1. The highest BCUT2D eigenvalue weighted by atomic mass is 14.9. The van der Waals surface area contributed by atoms with Crippen LogP contribution in [0.4, 0.5) is 5.69 Å².